The lowest BCUT2D eigenvalue weighted by Crippen LogP contribution is -2.51. The van der Waals surface area contributed by atoms with E-state index >= 15 is 0 Å². The number of aliphatic carboxylic acids is 1. The van der Waals surface area contributed by atoms with Crippen molar-refractivity contribution in [2.24, 2.45) is 0 Å². The molecule has 0 aromatic carbocycles. The summed E-state index contributed by atoms with van der Waals surface area (Å²) in [4.78, 5) is 27.0. The Hall–Kier alpha value is -0.990. The maximum atomic E-state index is 12.2. The van der Waals surface area contributed by atoms with Gasteiger partial charge in [-0.25, -0.2) is 9.59 Å². The van der Waals surface area contributed by atoms with E-state index in [-0.39, 0.29) is 11.4 Å². The molecule has 0 aromatic heterocycles. The topological polar surface area (TPSA) is 82.1 Å². The Morgan fingerprint density at radius 1 is 1.48 bits per heavy atom. The first-order valence-electron chi connectivity index (χ1n) is 7.09. The van der Waals surface area contributed by atoms with Crippen LogP contribution in [0.25, 0.3) is 0 Å². The summed E-state index contributed by atoms with van der Waals surface area (Å²) in [7, 11) is 3.60. The van der Waals surface area contributed by atoms with Crippen molar-refractivity contribution in [3.05, 3.63) is 0 Å². The van der Waals surface area contributed by atoms with Gasteiger partial charge in [-0.1, -0.05) is 6.92 Å². The first-order valence-corrected chi connectivity index (χ1v) is 8.14. The summed E-state index contributed by atoms with van der Waals surface area (Å²) in [6.45, 7) is 4.59. The molecule has 7 nitrogen and oxygen atoms in total. The lowest BCUT2D eigenvalue weighted by Gasteiger charge is -2.27. The smallest absolute Gasteiger partial charge is 0.327 e. The van der Waals surface area contributed by atoms with Crippen molar-refractivity contribution in [1.82, 2.24) is 15.1 Å². The highest BCUT2D eigenvalue weighted by molar-refractivity contribution is 8.00. The van der Waals surface area contributed by atoms with Crippen molar-refractivity contribution in [2.45, 2.75) is 24.8 Å². The number of carboxylic acid groups (broad SMARTS) is 1. The summed E-state index contributed by atoms with van der Waals surface area (Å²) in [5.74, 6) is -0.486. The molecule has 8 heteroatoms. The number of carboxylic acids is 1. The van der Waals surface area contributed by atoms with E-state index in [1.54, 1.807) is 7.11 Å². The zero-order valence-electron chi connectivity index (χ0n) is 12.9. The van der Waals surface area contributed by atoms with Gasteiger partial charge in [0.25, 0.3) is 0 Å². The molecule has 2 unspecified atom stereocenters. The molecule has 0 spiro atoms. The number of amides is 2. The third-order valence-electron chi connectivity index (χ3n) is 3.41. The molecular formula is C13H25N3O4S. The number of hydrogen-bond acceptors (Lipinski definition) is 5. The second kappa shape index (κ2) is 9.11. The maximum Gasteiger partial charge on any atom is 0.327 e. The number of nitrogens with one attached hydrogen (secondary N) is 1. The highest BCUT2D eigenvalue weighted by Crippen LogP contribution is 2.31. The molecule has 1 heterocycles. The molecule has 2 N–H and O–H groups in total. The van der Waals surface area contributed by atoms with E-state index in [2.05, 4.69) is 10.2 Å². The lowest BCUT2D eigenvalue weighted by molar-refractivity contribution is -0.141. The molecule has 0 radical (unpaired) electrons. The van der Waals surface area contributed by atoms with E-state index in [0.29, 0.717) is 25.4 Å². The van der Waals surface area contributed by atoms with Gasteiger partial charge in [0.1, 0.15) is 6.04 Å². The number of likely N-dealkylation sites (N-methyl/N-ethyl adjacent to an activating group) is 1. The normalized spacial score (nSPS) is 21.8. The van der Waals surface area contributed by atoms with Crippen LogP contribution in [0.1, 0.15) is 13.3 Å². The van der Waals surface area contributed by atoms with Crippen LogP contribution in [0.4, 0.5) is 4.79 Å². The van der Waals surface area contributed by atoms with Crippen LogP contribution >= 0.6 is 11.8 Å². The van der Waals surface area contributed by atoms with E-state index < -0.39 is 12.0 Å². The van der Waals surface area contributed by atoms with Gasteiger partial charge >= 0.3 is 12.0 Å². The minimum atomic E-state index is -0.939. The predicted molar refractivity (Wildman–Crippen MR) is 82.6 cm³/mol. The van der Waals surface area contributed by atoms with Crippen LogP contribution < -0.4 is 5.32 Å². The Morgan fingerprint density at radius 3 is 2.76 bits per heavy atom. The Bertz CT molecular complexity index is 356. The summed E-state index contributed by atoms with van der Waals surface area (Å²) in [5.41, 5.74) is 0. The van der Waals surface area contributed by atoms with Crippen molar-refractivity contribution < 1.29 is 19.4 Å². The molecule has 0 aromatic rings. The Kier molecular flexibility index (Phi) is 7.84. The van der Waals surface area contributed by atoms with E-state index in [9.17, 15) is 14.7 Å². The molecule has 1 aliphatic rings. The second-order valence-electron chi connectivity index (χ2n) is 4.99. The number of rotatable bonds is 8. The molecule has 0 aliphatic carbocycles. The zero-order chi connectivity index (χ0) is 15.8. The van der Waals surface area contributed by atoms with Crippen LogP contribution in [0.5, 0.6) is 0 Å². The van der Waals surface area contributed by atoms with Gasteiger partial charge in [-0.3, -0.25) is 4.90 Å². The molecule has 2 amide bonds. The van der Waals surface area contributed by atoms with Gasteiger partial charge in [0.05, 0.1) is 12.0 Å². The second-order valence-corrected chi connectivity index (χ2v) is 6.20. The summed E-state index contributed by atoms with van der Waals surface area (Å²) >= 11 is 1.52. The van der Waals surface area contributed by atoms with E-state index in [0.717, 1.165) is 13.0 Å². The van der Waals surface area contributed by atoms with Crippen LogP contribution in [0.3, 0.4) is 0 Å². The molecule has 21 heavy (non-hydrogen) atoms. The molecule has 1 rings (SSSR count). The molecule has 1 saturated heterocycles. The minimum Gasteiger partial charge on any atom is -0.480 e. The number of nitrogens with zero attached hydrogens (tertiary/aromatic N) is 2. The molecule has 0 bridgehead atoms. The van der Waals surface area contributed by atoms with E-state index in [4.69, 9.17) is 4.74 Å². The van der Waals surface area contributed by atoms with Gasteiger partial charge in [0, 0.05) is 32.5 Å². The largest absolute Gasteiger partial charge is 0.480 e. The Balaban J connectivity index is 2.43. The number of thioether (sulfide) groups is 1. The lowest BCUT2D eigenvalue weighted by atomic mass is 10.3. The molecular weight excluding hydrogens is 294 g/mol. The van der Waals surface area contributed by atoms with Crippen LogP contribution in [0, 0.1) is 0 Å². The minimum absolute atomic E-state index is 0.0580. The number of hydrogen-bond donors (Lipinski definition) is 2. The van der Waals surface area contributed by atoms with Gasteiger partial charge < -0.3 is 20.1 Å². The van der Waals surface area contributed by atoms with Crippen molar-refractivity contribution >= 4 is 23.8 Å². The monoisotopic (exact) mass is 319 g/mol. The Labute approximate surface area is 130 Å². The fourth-order valence-electron chi connectivity index (χ4n) is 2.14. The van der Waals surface area contributed by atoms with Crippen LogP contribution in [-0.2, 0) is 9.53 Å². The van der Waals surface area contributed by atoms with Crippen molar-refractivity contribution in [3.63, 3.8) is 0 Å². The average Bonchev–Trinajstić information content (AvgIpc) is 2.89. The third kappa shape index (κ3) is 5.37. The van der Waals surface area contributed by atoms with E-state index in [1.807, 2.05) is 14.0 Å². The number of carbonyl (C=O) groups is 2. The zero-order valence-corrected chi connectivity index (χ0v) is 13.7. The van der Waals surface area contributed by atoms with Crippen LogP contribution in [0.15, 0.2) is 0 Å². The van der Waals surface area contributed by atoms with Crippen molar-refractivity contribution in [3.8, 4) is 0 Å². The van der Waals surface area contributed by atoms with Gasteiger partial charge in [-0.05, 0) is 13.5 Å². The number of methoxy groups -OCH3 is 1. The van der Waals surface area contributed by atoms with Gasteiger partial charge in [-0.2, -0.15) is 0 Å². The Morgan fingerprint density at radius 2 is 2.19 bits per heavy atom. The molecule has 2 atom stereocenters. The summed E-state index contributed by atoms with van der Waals surface area (Å²) < 4.78 is 4.98. The molecule has 1 aliphatic heterocycles. The number of carbonyl (C=O) groups excluding carboxylic acids is 1. The standard InChI is InChI=1S/C13H25N3O4S/c1-4-11-16(10(9-21-11)12(17)18)13(19)14-5-6-15(2)7-8-20-3/h10-11H,4-9H2,1-3H3,(H,14,19)(H,17,18). The SMILES string of the molecule is CCC1SCC(C(=O)O)N1C(=O)NCCN(C)CCOC. The molecule has 0 saturated carbocycles. The fraction of sp³-hybridized carbons (Fsp3) is 0.846. The van der Waals surface area contributed by atoms with Gasteiger partial charge in [-0.15, -0.1) is 11.8 Å². The molecule has 1 fully saturated rings. The van der Waals surface area contributed by atoms with Gasteiger partial charge in [0.2, 0.25) is 0 Å². The van der Waals surface area contributed by atoms with Crippen molar-refractivity contribution in [1.29, 1.82) is 0 Å². The highest BCUT2D eigenvalue weighted by Gasteiger charge is 2.40. The molecule has 122 valence electrons. The summed E-state index contributed by atoms with van der Waals surface area (Å²) in [6.07, 6.45) is 0.746. The van der Waals surface area contributed by atoms with Crippen LogP contribution in [0.2, 0.25) is 0 Å². The van der Waals surface area contributed by atoms with Crippen LogP contribution in [-0.4, -0.2) is 84.5 Å². The fourth-order valence-corrected chi connectivity index (χ4v) is 3.49. The van der Waals surface area contributed by atoms with Crippen molar-refractivity contribution in [2.75, 3.05) is 46.2 Å². The quantitative estimate of drug-likeness (QED) is 0.678. The predicted octanol–water partition coefficient (Wildman–Crippen LogP) is 0.512. The number of urea groups is 1. The first-order chi connectivity index (χ1) is 10.0. The average molecular weight is 319 g/mol. The maximum absolute atomic E-state index is 12.2. The van der Waals surface area contributed by atoms with Gasteiger partial charge in [0.15, 0.2) is 0 Å². The first kappa shape index (κ1) is 18.1. The number of ether oxygens (including phenoxy) is 1. The third-order valence-corrected chi connectivity index (χ3v) is 4.86. The summed E-state index contributed by atoms with van der Waals surface area (Å²) in [6, 6.07) is -1.02. The summed E-state index contributed by atoms with van der Waals surface area (Å²) in [5, 5.41) is 12.0. The van der Waals surface area contributed by atoms with E-state index in [1.165, 1.54) is 16.7 Å². The highest BCUT2D eigenvalue weighted by atomic mass is 32.2.